The zero-order chi connectivity index (χ0) is 23.8. The Morgan fingerprint density at radius 2 is 1.39 bits per heavy atom. The molecule has 0 unspecified atom stereocenters. The lowest BCUT2D eigenvalue weighted by atomic mass is 9.75. The summed E-state index contributed by atoms with van der Waals surface area (Å²) >= 11 is 0. The molecule has 0 aliphatic heterocycles. The summed E-state index contributed by atoms with van der Waals surface area (Å²) < 4.78 is 67.5. The predicted octanol–water partition coefficient (Wildman–Crippen LogP) is 8.57. The first kappa shape index (κ1) is 25.6. The summed E-state index contributed by atoms with van der Waals surface area (Å²) in [7, 11) is 0. The second-order valence-corrected chi connectivity index (χ2v) is 9.60. The minimum absolute atomic E-state index is 0.0409. The van der Waals surface area contributed by atoms with Gasteiger partial charge in [0.05, 0.1) is 0 Å². The van der Waals surface area contributed by atoms with Crippen molar-refractivity contribution in [3.05, 3.63) is 41.5 Å². The highest BCUT2D eigenvalue weighted by atomic mass is 19.4. The van der Waals surface area contributed by atoms with Crippen molar-refractivity contribution in [2.75, 3.05) is 0 Å². The molecule has 0 heterocycles. The third-order valence-corrected chi connectivity index (χ3v) is 7.30. The molecule has 0 spiro atoms. The average Bonchev–Trinajstić information content (AvgIpc) is 2.78. The number of allylic oxidation sites excluding steroid dienone is 2. The van der Waals surface area contributed by atoms with Crippen molar-refractivity contribution in [1.82, 2.24) is 0 Å². The summed E-state index contributed by atoms with van der Waals surface area (Å²) in [5.74, 6) is 4.11. The van der Waals surface area contributed by atoms with Gasteiger partial charge >= 0.3 is 6.36 Å². The van der Waals surface area contributed by atoms with Crippen LogP contribution in [0.15, 0.2) is 24.3 Å². The van der Waals surface area contributed by atoms with Gasteiger partial charge < -0.3 is 4.74 Å². The molecular formula is C27H33F5O. The lowest BCUT2D eigenvalue weighted by Crippen LogP contribution is -2.19. The molecule has 2 aliphatic carbocycles. The molecule has 0 aromatic heterocycles. The Labute approximate surface area is 193 Å². The maximum absolute atomic E-state index is 13.7. The summed E-state index contributed by atoms with van der Waals surface area (Å²) in [4.78, 5) is 0. The van der Waals surface area contributed by atoms with Crippen molar-refractivity contribution in [1.29, 1.82) is 0 Å². The van der Waals surface area contributed by atoms with E-state index >= 15 is 0 Å². The van der Waals surface area contributed by atoms with E-state index in [0.717, 1.165) is 42.7 Å². The number of alkyl halides is 3. The molecule has 0 atom stereocenters. The normalized spacial score (nSPS) is 26.1. The molecule has 33 heavy (non-hydrogen) atoms. The molecule has 1 nitrogen and oxygen atoms in total. The first-order chi connectivity index (χ1) is 15.7. The highest BCUT2D eigenvalue weighted by Crippen LogP contribution is 2.37. The van der Waals surface area contributed by atoms with Crippen molar-refractivity contribution in [3.63, 3.8) is 0 Å². The molecular weight excluding hydrogens is 435 g/mol. The first-order valence-corrected chi connectivity index (χ1v) is 12.2. The van der Waals surface area contributed by atoms with E-state index in [9.17, 15) is 22.0 Å². The van der Waals surface area contributed by atoms with Gasteiger partial charge in [-0.3, -0.25) is 0 Å². The van der Waals surface area contributed by atoms with Crippen LogP contribution in [0.25, 0.3) is 0 Å². The monoisotopic (exact) mass is 468 g/mol. The minimum atomic E-state index is -5.16. The van der Waals surface area contributed by atoms with Crippen LogP contribution in [0.5, 0.6) is 5.75 Å². The number of hydrogen-bond acceptors (Lipinski definition) is 1. The van der Waals surface area contributed by atoms with Gasteiger partial charge in [-0.05, 0) is 67.6 Å². The molecule has 0 radical (unpaired) electrons. The van der Waals surface area contributed by atoms with E-state index in [4.69, 9.17) is 0 Å². The van der Waals surface area contributed by atoms with E-state index in [1.807, 2.05) is 6.08 Å². The summed E-state index contributed by atoms with van der Waals surface area (Å²) in [6.45, 7) is 2.30. The summed E-state index contributed by atoms with van der Waals surface area (Å²) in [5, 5.41) is 0. The fourth-order valence-corrected chi connectivity index (χ4v) is 5.22. The van der Waals surface area contributed by atoms with E-state index in [1.165, 1.54) is 57.8 Å². The van der Waals surface area contributed by atoms with E-state index in [1.54, 1.807) is 6.08 Å². The number of rotatable bonds is 6. The number of benzene rings is 1. The summed E-state index contributed by atoms with van der Waals surface area (Å²) in [6.07, 6.45) is 12.9. The topological polar surface area (TPSA) is 9.23 Å². The Morgan fingerprint density at radius 3 is 1.91 bits per heavy atom. The van der Waals surface area contributed by atoms with E-state index in [0.29, 0.717) is 5.92 Å². The molecule has 6 heteroatoms. The van der Waals surface area contributed by atoms with Crippen LogP contribution < -0.4 is 4.74 Å². The summed E-state index contributed by atoms with van der Waals surface area (Å²) in [5.41, 5.74) is -0.0409. The number of halogens is 5. The van der Waals surface area contributed by atoms with Crippen LogP contribution >= 0.6 is 0 Å². The Morgan fingerprint density at radius 1 is 0.879 bits per heavy atom. The van der Waals surface area contributed by atoms with Crippen LogP contribution in [0.3, 0.4) is 0 Å². The van der Waals surface area contributed by atoms with Gasteiger partial charge in [-0.2, -0.15) is 0 Å². The van der Waals surface area contributed by atoms with Gasteiger partial charge in [-0.25, -0.2) is 8.78 Å². The molecule has 1 aromatic carbocycles. The van der Waals surface area contributed by atoms with Crippen molar-refractivity contribution in [2.45, 2.75) is 83.9 Å². The number of ether oxygens (including phenoxy) is 1. The molecule has 0 bridgehead atoms. The van der Waals surface area contributed by atoms with Crippen molar-refractivity contribution in [2.24, 2.45) is 23.7 Å². The van der Waals surface area contributed by atoms with Crippen molar-refractivity contribution < 1.29 is 26.7 Å². The maximum Gasteiger partial charge on any atom is 0.573 e. The third kappa shape index (κ3) is 8.36. The first-order valence-electron chi connectivity index (χ1n) is 12.2. The van der Waals surface area contributed by atoms with Crippen LogP contribution in [-0.2, 0) is 0 Å². The number of hydrogen-bond donors (Lipinski definition) is 0. The van der Waals surface area contributed by atoms with Crippen LogP contribution in [0.2, 0.25) is 0 Å². The van der Waals surface area contributed by atoms with Gasteiger partial charge in [-0.15, -0.1) is 13.2 Å². The molecule has 0 amide bonds. The second kappa shape index (κ2) is 11.9. The quantitative estimate of drug-likeness (QED) is 0.300. The Bertz CT molecular complexity index is 824. The Kier molecular flexibility index (Phi) is 9.23. The molecule has 0 N–H and O–H groups in total. The molecule has 0 saturated heterocycles. The minimum Gasteiger partial charge on any atom is -0.399 e. The van der Waals surface area contributed by atoms with Gasteiger partial charge in [0.1, 0.15) is 0 Å². The van der Waals surface area contributed by atoms with Crippen LogP contribution in [0.1, 0.15) is 83.1 Å². The van der Waals surface area contributed by atoms with Crippen LogP contribution in [-0.4, -0.2) is 6.36 Å². The fraction of sp³-hybridized carbons (Fsp3) is 0.630. The molecule has 1 aromatic rings. The molecule has 2 aliphatic rings. The lowest BCUT2D eigenvalue weighted by Gasteiger charge is -2.31. The van der Waals surface area contributed by atoms with Crippen molar-refractivity contribution in [3.8, 4) is 17.6 Å². The molecule has 2 fully saturated rings. The SMILES string of the molecule is CC[C@H]1CC[C@H](CC[C@H]2CC[C@H](C=CC#Cc3cc(F)c(OC(F)(F)F)c(F)c3)CC2)CC1. The van der Waals surface area contributed by atoms with Gasteiger partial charge in [0.2, 0.25) is 5.75 Å². The van der Waals surface area contributed by atoms with Gasteiger partial charge in [-0.1, -0.05) is 69.8 Å². The average molecular weight is 469 g/mol. The van der Waals surface area contributed by atoms with E-state index < -0.39 is 23.7 Å². The Hall–Kier alpha value is -2.03. The van der Waals surface area contributed by atoms with Gasteiger partial charge in [0.15, 0.2) is 11.6 Å². The summed E-state index contributed by atoms with van der Waals surface area (Å²) in [6, 6.07) is 1.48. The van der Waals surface area contributed by atoms with E-state index in [-0.39, 0.29) is 5.56 Å². The molecule has 2 saturated carbocycles. The Balaban J connectivity index is 1.41. The third-order valence-electron chi connectivity index (χ3n) is 7.30. The van der Waals surface area contributed by atoms with Gasteiger partial charge in [0.25, 0.3) is 0 Å². The highest BCUT2D eigenvalue weighted by molar-refractivity contribution is 5.42. The molecule has 182 valence electrons. The van der Waals surface area contributed by atoms with Gasteiger partial charge in [0, 0.05) is 5.56 Å². The predicted molar refractivity (Wildman–Crippen MR) is 119 cm³/mol. The largest absolute Gasteiger partial charge is 0.573 e. The zero-order valence-electron chi connectivity index (χ0n) is 19.2. The van der Waals surface area contributed by atoms with Crippen LogP contribution in [0, 0.1) is 47.1 Å². The van der Waals surface area contributed by atoms with Crippen LogP contribution in [0.4, 0.5) is 22.0 Å². The van der Waals surface area contributed by atoms with Crippen molar-refractivity contribution >= 4 is 0 Å². The lowest BCUT2D eigenvalue weighted by molar-refractivity contribution is -0.276. The molecule has 3 rings (SSSR count). The fourth-order valence-electron chi connectivity index (χ4n) is 5.22. The highest BCUT2D eigenvalue weighted by Gasteiger charge is 2.34. The maximum atomic E-state index is 13.7. The standard InChI is InChI=1S/C27H33F5O/c1-2-19-7-9-21(10-8-19)15-16-22-13-11-20(12-14-22)5-3-4-6-23-17-24(28)26(25(29)18-23)33-27(30,31)32/h3,5,17-22H,2,7-16H2,1H3/t19-,20-,21-,22-. The van der Waals surface area contributed by atoms with E-state index in [2.05, 4.69) is 23.5 Å². The second-order valence-electron chi connectivity index (χ2n) is 9.60. The zero-order valence-corrected chi connectivity index (χ0v) is 19.2. The smallest absolute Gasteiger partial charge is 0.399 e.